The van der Waals surface area contributed by atoms with Crippen LogP contribution in [0.25, 0.3) is 0 Å². The quantitative estimate of drug-likeness (QED) is 0.567. The molecule has 1 unspecified atom stereocenters. The molecule has 27 heavy (non-hydrogen) atoms. The van der Waals surface area contributed by atoms with Crippen LogP contribution in [0.5, 0.6) is 0 Å². The molecule has 1 atom stereocenters. The van der Waals surface area contributed by atoms with Crippen LogP contribution in [-0.2, 0) is 20.9 Å². The van der Waals surface area contributed by atoms with Gasteiger partial charge in [-0.05, 0) is 30.5 Å². The third kappa shape index (κ3) is 5.87. The van der Waals surface area contributed by atoms with Crippen LogP contribution in [0.1, 0.15) is 40.9 Å². The van der Waals surface area contributed by atoms with Gasteiger partial charge in [0.2, 0.25) is 6.29 Å². The van der Waals surface area contributed by atoms with Gasteiger partial charge in [-0.15, -0.1) is 0 Å². The van der Waals surface area contributed by atoms with Crippen LogP contribution >= 0.6 is 0 Å². The number of nitrogens with zero attached hydrogens (tertiary/aromatic N) is 2. The van der Waals surface area contributed by atoms with Crippen molar-refractivity contribution in [3.63, 3.8) is 0 Å². The first-order valence-electron chi connectivity index (χ1n) is 8.88. The molecule has 0 spiro atoms. The van der Waals surface area contributed by atoms with Crippen LogP contribution in [-0.4, -0.2) is 41.3 Å². The van der Waals surface area contributed by atoms with E-state index in [1.807, 2.05) is 30.3 Å². The molecule has 3 rings (SSSR count). The first-order valence-corrected chi connectivity index (χ1v) is 8.88. The van der Waals surface area contributed by atoms with Crippen molar-refractivity contribution in [2.75, 3.05) is 13.2 Å². The summed E-state index contributed by atoms with van der Waals surface area (Å²) >= 11 is 0. The van der Waals surface area contributed by atoms with Crippen molar-refractivity contribution in [1.82, 2.24) is 4.98 Å². The van der Waals surface area contributed by atoms with Crippen molar-refractivity contribution in [3.8, 4) is 0 Å². The van der Waals surface area contributed by atoms with Gasteiger partial charge in [0.1, 0.15) is 5.71 Å². The summed E-state index contributed by atoms with van der Waals surface area (Å²) in [5.41, 5.74) is 1.98. The highest BCUT2D eigenvalue weighted by molar-refractivity contribution is 6.01. The van der Waals surface area contributed by atoms with Gasteiger partial charge >= 0.3 is 5.97 Å². The van der Waals surface area contributed by atoms with Gasteiger partial charge in [0.05, 0.1) is 31.1 Å². The van der Waals surface area contributed by atoms with E-state index >= 15 is 0 Å². The molecule has 0 bridgehead atoms. The molecule has 0 aliphatic carbocycles. The fraction of sp³-hybridized carbons (Fsp3) is 0.350. The van der Waals surface area contributed by atoms with Gasteiger partial charge in [-0.1, -0.05) is 35.5 Å². The van der Waals surface area contributed by atoms with E-state index < -0.39 is 12.3 Å². The minimum absolute atomic E-state index is 0.129. The number of pyridine rings is 1. The maximum atomic E-state index is 11.2. The number of hydrogen-bond acceptors (Lipinski definition) is 6. The van der Waals surface area contributed by atoms with E-state index in [1.54, 1.807) is 0 Å². The smallest absolute Gasteiger partial charge is 0.335 e. The highest BCUT2D eigenvalue weighted by atomic mass is 16.8. The molecular weight excluding hydrogens is 348 g/mol. The van der Waals surface area contributed by atoms with E-state index in [9.17, 15) is 9.90 Å². The second-order valence-corrected chi connectivity index (χ2v) is 6.15. The number of carboxylic acids is 1. The SMILES string of the molecule is O=C(O)c1ccnc(/C(COCc2ccccc2)=N/OC2CCCCO2)c1. The molecule has 1 aromatic carbocycles. The van der Waals surface area contributed by atoms with Crippen LogP contribution in [0.3, 0.4) is 0 Å². The molecule has 0 saturated carbocycles. The minimum Gasteiger partial charge on any atom is -0.478 e. The second kappa shape index (κ2) is 9.80. The van der Waals surface area contributed by atoms with Crippen molar-refractivity contribution in [2.45, 2.75) is 32.2 Å². The number of benzene rings is 1. The third-order valence-corrected chi connectivity index (χ3v) is 4.07. The number of rotatable bonds is 8. The summed E-state index contributed by atoms with van der Waals surface area (Å²) in [5, 5.41) is 13.4. The fourth-order valence-corrected chi connectivity index (χ4v) is 2.62. The molecule has 1 N–H and O–H groups in total. The Labute approximate surface area is 157 Å². The van der Waals surface area contributed by atoms with Crippen molar-refractivity contribution in [3.05, 3.63) is 65.5 Å². The molecule has 2 heterocycles. The summed E-state index contributed by atoms with van der Waals surface area (Å²) in [4.78, 5) is 20.9. The van der Waals surface area contributed by atoms with Crippen molar-refractivity contribution >= 4 is 11.7 Å². The Morgan fingerprint density at radius 2 is 2.11 bits per heavy atom. The average Bonchev–Trinajstić information content (AvgIpc) is 2.72. The Hall–Kier alpha value is -2.77. The molecule has 1 fully saturated rings. The molecule has 0 radical (unpaired) electrons. The lowest BCUT2D eigenvalue weighted by Gasteiger charge is -2.20. The largest absolute Gasteiger partial charge is 0.478 e. The van der Waals surface area contributed by atoms with Crippen LogP contribution in [0, 0.1) is 0 Å². The summed E-state index contributed by atoms with van der Waals surface area (Å²) in [6, 6.07) is 12.6. The normalized spacial score (nSPS) is 17.5. The van der Waals surface area contributed by atoms with Crippen LogP contribution in [0.2, 0.25) is 0 Å². The number of aromatic carboxylic acids is 1. The summed E-state index contributed by atoms with van der Waals surface area (Å²) < 4.78 is 11.3. The van der Waals surface area contributed by atoms with E-state index in [4.69, 9.17) is 14.3 Å². The van der Waals surface area contributed by atoms with Gasteiger partial charge < -0.3 is 19.4 Å². The number of hydrogen-bond donors (Lipinski definition) is 1. The number of ether oxygens (including phenoxy) is 2. The van der Waals surface area contributed by atoms with Crippen LogP contribution in [0.15, 0.2) is 53.8 Å². The zero-order valence-electron chi connectivity index (χ0n) is 14.9. The third-order valence-electron chi connectivity index (χ3n) is 4.07. The number of carboxylic acid groups (broad SMARTS) is 1. The topological polar surface area (TPSA) is 90.2 Å². The van der Waals surface area contributed by atoms with Crippen LogP contribution in [0.4, 0.5) is 0 Å². The molecule has 1 aliphatic rings. The summed E-state index contributed by atoms with van der Waals surface area (Å²) in [6.45, 7) is 1.18. The van der Waals surface area contributed by atoms with Gasteiger partial charge in [-0.25, -0.2) is 4.79 Å². The summed E-state index contributed by atoms with van der Waals surface area (Å²) in [7, 11) is 0. The molecule has 7 heteroatoms. The number of aromatic nitrogens is 1. The van der Waals surface area contributed by atoms with Crippen molar-refractivity contribution < 1.29 is 24.2 Å². The van der Waals surface area contributed by atoms with E-state index in [0.29, 0.717) is 24.6 Å². The number of oxime groups is 1. The molecule has 1 saturated heterocycles. The molecular formula is C20H22N2O5. The van der Waals surface area contributed by atoms with E-state index in [-0.39, 0.29) is 12.2 Å². The lowest BCUT2D eigenvalue weighted by atomic mass is 10.2. The first-order chi connectivity index (χ1) is 13.2. The molecule has 142 valence electrons. The summed E-state index contributed by atoms with van der Waals surface area (Å²) in [5.74, 6) is -1.03. The molecule has 2 aromatic rings. The lowest BCUT2D eigenvalue weighted by Crippen LogP contribution is -2.22. The predicted molar refractivity (Wildman–Crippen MR) is 98.5 cm³/mol. The standard InChI is InChI=1S/C20H22N2O5/c23-20(24)16-9-10-21-17(12-16)18(22-27-19-8-4-5-11-26-19)14-25-13-15-6-2-1-3-7-15/h1-3,6-7,9-10,12,19H,4-5,8,11,13-14H2,(H,23,24)/b22-18+. The fourth-order valence-electron chi connectivity index (χ4n) is 2.62. The predicted octanol–water partition coefficient (Wildman–Crippen LogP) is 3.24. The summed E-state index contributed by atoms with van der Waals surface area (Å²) in [6.07, 6.45) is 3.84. The average molecular weight is 370 g/mol. The number of carbonyl (C=O) groups is 1. The highest BCUT2D eigenvalue weighted by Gasteiger charge is 2.16. The maximum absolute atomic E-state index is 11.2. The Kier molecular flexibility index (Phi) is 6.90. The van der Waals surface area contributed by atoms with E-state index in [0.717, 1.165) is 24.8 Å². The van der Waals surface area contributed by atoms with Gasteiger partial charge in [-0.2, -0.15) is 0 Å². The Balaban J connectivity index is 1.71. The van der Waals surface area contributed by atoms with Gasteiger partial charge in [-0.3, -0.25) is 4.98 Å². The zero-order valence-corrected chi connectivity index (χ0v) is 14.9. The Morgan fingerprint density at radius 1 is 1.26 bits per heavy atom. The first kappa shape index (κ1) is 19.0. The molecule has 0 amide bonds. The van der Waals surface area contributed by atoms with Gasteiger partial charge in [0.25, 0.3) is 0 Å². The maximum Gasteiger partial charge on any atom is 0.335 e. The molecule has 1 aliphatic heterocycles. The lowest BCUT2D eigenvalue weighted by molar-refractivity contribution is -0.162. The minimum atomic E-state index is -1.03. The second-order valence-electron chi connectivity index (χ2n) is 6.15. The highest BCUT2D eigenvalue weighted by Crippen LogP contribution is 2.15. The molecule has 7 nitrogen and oxygen atoms in total. The Morgan fingerprint density at radius 3 is 2.85 bits per heavy atom. The molecule has 1 aromatic heterocycles. The van der Waals surface area contributed by atoms with Gasteiger partial charge in [0.15, 0.2) is 0 Å². The van der Waals surface area contributed by atoms with E-state index in [2.05, 4.69) is 10.1 Å². The van der Waals surface area contributed by atoms with Crippen molar-refractivity contribution in [2.24, 2.45) is 5.16 Å². The van der Waals surface area contributed by atoms with Crippen molar-refractivity contribution in [1.29, 1.82) is 0 Å². The van der Waals surface area contributed by atoms with Gasteiger partial charge in [0, 0.05) is 12.6 Å². The zero-order chi connectivity index (χ0) is 18.9. The van der Waals surface area contributed by atoms with E-state index in [1.165, 1.54) is 18.3 Å². The Bertz CT molecular complexity index is 773. The monoisotopic (exact) mass is 370 g/mol. The van der Waals surface area contributed by atoms with Crippen LogP contribution < -0.4 is 0 Å².